The minimum absolute atomic E-state index is 0.0751. The van der Waals surface area contributed by atoms with Crippen LogP contribution in [-0.4, -0.2) is 26.5 Å². The van der Waals surface area contributed by atoms with E-state index in [1.54, 1.807) is 0 Å². The van der Waals surface area contributed by atoms with Gasteiger partial charge in [-0.3, -0.25) is 0 Å². The van der Waals surface area contributed by atoms with E-state index < -0.39 is 9.84 Å². The van der Waals surface area contributed by atoms with Crippen LogP contribution in [0.15, 0.2) is 24.3 Å². The highest BCUT2D eigenvalue weighted by molar-refractivity contribution is 7.91. The van der Waals surface area contributed by atoms with Crippen LogP contribution in [0.5, 0.6) is 0 Å². The number of aryl methyl sites for hydroxylation is 1. The van der Waals surface area contributed by atoms with E-state index in [0.29, 0.717) is 6.54 Å². The van der Waals surface area contributed by atoms with Gasteiger partial charge in [-0.25, -0.2) is 8.42 Å². The van der Waals surface area contributed by atoms with E-state index in [4.69, 9.17) is 5.73 Å². The fraction of sp³-hybridized carbons (Fsp3) is 0.500. The predicted octanol–water partition coefficient (Wildman–Crippen LogP) is 1.08. The minimum Gasteiger partial charge on any atom is -0.330 e. The summed E-state index contributed by atoms with van der Waals surface area (Å²) in [6.45, 7) is 2.46. The molecule has 2 N–H and O–H groups in total. The summed E-state index contributed by atoms with van der Waals surface area (Å²) in [4.78, 5) is 0. The second-order valence-electron chi connectivity index (χ2n) is 4.54. The predicted molar refractivity (Wildman–Crippen MR) is 65.1 cm³/mol. The standard InChI is InChI=1S/C12H17NO2S/c1-9-4-2-3-5-11(9)12-8-16(14,15)7-10(12)6-13/h2-5,10,12H,6-8,13H2,1H3. The van der Waals surface area contributed by atoms with Crippen LogP contribution >= 0.6 is 0 Å². The lowest BCUT2D eigenvalue weighted by Gasteiger charge is -2.18. The van der Waals surface area contributed by atoms with Crippen LogP contribution < -0.4 is 5.73 Å². The van der Waals surface area contributed by atoms with E-state index in [2.05, 4.69) is 0 Å². The topological polar surface area (TPSA) is 60.2 Å². The van der Waals surface area contributed by atoms with Gasteiger partial charge in [-0.15, -0.1) is 0 Å². The second kappa shape index (κ2) is 4.18. The molecule has 2 unspecified atom stereocenters. The van der Waals surface area contributed by atoms with Crippen LogP contribution in [0.25, 0.3) is 0 Å². The van der Waals surface area contributed by atoms with Gasteiger partial charge in [0.05, 0.1) is 11.5 Å². The van der Waals surface area contributed by atoms with Crippen molar-refractivity contribution < 1.29 is 8.42 Å². The summed E-state index contributed by atoms with van der Waals surface area (Å²) in [5.74, 6) is 0.643. The van der Waals surface area contributed by atoms with Crippen molar-refractivity contribution in [1.82, 2.24) is 0 Å². The SMILES string of the molecule is Cc1ccccc1C1CS(=O)(=O)CC1CN. The lowest BCUT2D eigenvalue weighted by Crippen LogP contribution is -2.21. The molecule has 1 aromatic carbocycles. The first-order valence-electron chi connectivity index (χ1n) is 5.49. The van der Waals surface area contributed by atoms with E-state index in [0.717, 1.165) is 11.1 Å². The van der Waals surface area contributed by atoms with E-state index in [1.807, 2.05) is 31.2 Å². The Bertz CT molecular complexity index is 482. The Balaban J connectivity index is 2.38. The van der Waals surface area contributed by atoms with Gasteiger partial charge in [-0.05, 0) is 30.5 Å². The van der Waals surface area contributed by atoms with Crippen molar-refractivity contribution in [1.29, 1.82) is 0 Å². The zero-order chi connectivity index (χ0) is 11.8. The number of hydrogen-bond acceptors (Lipinski definition) is 3. The van der Waals surface area contributed by atoms with Crippen LogP contribution in [0, 0.1) is 12.8 Å². The first-order valence-corrected chi connectivity index (χ1v) is 7.31. The molecule has 1 heterocycles. The lowest BCUT2D eigenvalue weighted by atomic mass is 9.86. The minimum atomic E-state index is -2.90. The van der Waals surface area contributed by atoms with Crippen molar-refractivity contribution in [2.24, 2.45) is 11.7 Å². The maximum atomic E-state index is 11.6. The third kappa shape index (κ3) is 2.13. The summed E-state index contributed by atoms with van der Waals surface area (Å²) in [5.41, 5.74) is 7.96. The molecule has 1 aromatic rings. The molecule has 0 bridgehead atoms. The average molecular weight is 239 g/mol. The number of benzene rings is 1. The van der Waals surface area contributed by atoms with Gasteiger partial charge in [0.1, 0.15) is 0 Å². The Labute approximate surface area is 96.6 Å². The molecule has 1 aliphatic rings. The molecular weight excluding hydrogens is 222 g/mol. The number of rotatable bonds is 2. The lowest BCUT2D eigenvalue weighted by molar-refractivity contribution is 0.531. The third-order valence-corrected chi connectivity index (χ3v) is 5.16. The van der Waals surface area contributed by atoms with Gasteiger partial charge in [0.25, 0.3) is 0 Å². The van der Waals surface area contributed by atoms with Crippen LogP contribution in [0.4, 0.5) is 0 Å². The van der Waals surface area contributed by atoms with E-state index >= 15 is 0 Å². The molecule has 16 heavy (non-hydrogen) atoms. The number of sulfone groups is 1. The Morgan fingerprint density at radius 3 is 2.62 bits per heavy atom. The van der Waals surface area contributed by atoms with Gasteiger partial charge in [-0.1, -0.05) is 24.3 Å². The van der Waals surface area contributed by atoms with Crippen molar-refractivity contribution in [2.45, 2.75) is 12.8 Å². The van der Waals surface area contributed by atoms with Crippen LogP contribution in [0.2, 0.25) is 0 Å². The number of nitrogens with two attached hydrogens (primary N) is 1. The van der Waals surface area contributed by atoms with Crippen LogP contribution in [0.1, 0.15) is 17.0 Å². The molecular formula is C12H17NO2S. The van der Waals surface area contributed by atoms with Gasteiger partial charge < -0.3 is 5.73 Å². The van der Waals surface area contributed by atoms with Gasteiger partial charge >= 0.3 is 0 Å². The van der Waals surface area contributed by atoms with E-state index in [1.165, 1.54) is 0 Å². The van der Waals surface area contributed by atoms with Crippen molar-refractivity contribution in [3.63, 3.8) is 0 Å². The molecule has 0 amide bonds. The zero-order valence-corrected chi connectivity index (χ0v) is 10.2. The van der Waals surface area contributed by atoms with E-state index in [-0.39, 0.29) is 23.3 Å². The molecule has 0 radical (unpaired) electrons. The molecule has 1 fully saturated rings. The van der Waals surface area contributed by atoms with Gasteiger partial charge in [0, 0.05) is 5.92 Å². The van der Waals surface area contributed by atoms with Gasteiger partial charge in [0.15, 0.2) is 9.84 Å². The molecule has 1 saturated heterocycles. The maximum Gasteiger partial charge on any atom is 0.151 e. The van der Waals surface area contributed by atoms with Crippen molar-refractivity contribution in [3.05, 3.63) is 35.4 Å². The fourth-order valence-corrected chi connectivity index (χ4v) is 4.65. The highest BCUT2D eigenvalue weighted by Crippen LogP contribution is 2.35. The molecule has 88 valence electrons. The van der Waals surface area contributed by atoms with Crippen molar-refractivity contribution in [3.8, 4) is 0 Å². The summed E-state index contributed by atoms with van der Waals surface area (Å²) in [7, 11) is -2.90. The summed E-state index contributed by atoms with van der Waals surface area (Å²) in [6.07, 6.45) is 0. The maximum absolute atomic E-state index is 11.6. The molecule has 1 aliphatic heterocycles. The first kappa shape index (κ1) is 11.6. The molecule has 0 spiro atoms. The number of hydrogen-bond donors (Lipinski definition) is 1. The van der Waals surface area contributed by atoms with Gasteiger partial charge in [0.2, 0.25) is 0 Å². The molecule has 2 rings (SSSR count). The Hall–Kier alpha value is -0.870. The first-order chi connectivity index (χ1) is 7.53. The largest absolute Gasteiger partial charge is 0.330 e. The highest BCUT2D eigenvalue weighted by Gasteiger charge is 2.37. The molecule has 0 saturated carbocycles. The Morgan fingerprint density at radius 1 is 1.31 bits per heavy atom. The van der Waals surface area contributed by atoms with Crippen molar-refractivity contribution >= 4 is 9.84 Å². The normalized spacial score (nSPS) is 28.1. The van der Waals surface area contributed by atoms with E-state index in [9.17, 15) is 8.42 Å². The molecule has 0 aromatic heterocycles. The smallest absolute Gasteiger partial charge is 0.151 e. The molecule has 4 heteroatoms. The average Bonchev–Trinajstić information content (AvgIpc) is 2.54. The molecule has 2 atom stereocenters. The quantitative estimate of drug-likeness (QED) is 0.840. The summed E-state index contributed by atoms with van der Waals surface area (Å²) in [5, 5.41) is 0. The van der Waals surface area contributed by atoms with Crippen LogP contribution in [0.3, 0.4) is 0 Å². The molecule has 0 aliphatic carbocycles. The van der Waals surface area contributed by atoms with Gasteiger partial charge in [-0.2, -0.15) is 0 Å². The molecule has 3 nitrogen and oxygen atoms in total. The monoisotopic (exact) mass is 239 g/mol. The van der Waals surface area contributed by atoms with Crippen molar-refractivity contribution in [2.75, 3.05) is 18.1 Å². The highest BCUT2D eigenvalue weighted by atomic mass is 32.2. The summed E-state index contributed by atoms with van der Waals surface area (Å²) in [6, 6.07) is 7.97. The summed E-state index contributed by atoms with van der Waals surface area (Å²) < 4.78 is 23.3. The Morgan fingerprint density at radius 2 is 2.00 bits per heavy atom. The zero-order valence-electron chi connectivity index (χ0n) is 9.39. The summed E-state index contributed by atoms with van der Waals surface area (Å²) >= 11 is 0. The fourth-order valence-electron chi connectivity index (χ4n) is 2.50. The van der Waals surface area contributed by atoms with Crippen LogP contribution in [-0.2, 0) is 9.84 Å². The Kier molecular flexibility index (Phi) is 3.04. The third-order valence-electron chi connectivity index (χ3n) is 3.36. The second-order valence-corrected chi connectivity index (χ2v) is 6.69.